The molecule has 0 bridgehead atoms. The van der Waals surface area contributed by atoms with Gasteiger partial charge in [-0.2, -0.15) is 0 Å². The average Bonchev–Trinajstić information content (AvgIpc) is 2.50. The quantitative estimate of drug-likeness (QED) is 0.909. The number of hydrogen-bond acceptors (Lipinski definition) is 4. The molecule has 0 aliphatic carbocycles. The van der Waals surface area contributed by atoms with Crippen LogP contribution in [0.4, 0.5) is 0 Å². The zero-order valence-corrected chi connectivity index (χ0v) is 12.3. The summed E-state index contributed by atoms with van der Waals surface area (Å²) in [6.07, 6.45) is 1.81. The lowest BCUT2D eigenvalue weighted by Crippen LogP contribution is -2.20. The second-order valence-corrected chi connectivity index (χ2v) is 4.54. The molecule has 0 saturated heterocycles. The molecule has 0 radical (unpaired) electrons. The Balaban J connectivity index is 2.49. The maximum Gasteiger partial charge on any atom is 0.127 e. The molecule has 0 fully saturated rings. The Morgan fingerprint density at radius 1 is 1.15 bits per heavy atom. The van der Waals surface area contributed by atoms with E-state index >= 15 is 0 Å². The predicted octanol–water partition coefficient (Wildman–Crippen LogP) is 2.72. The molecular formula is C16H20N2O2. The van der Waals surface area contributed by atoms with Crippen LogP contribution in [0.3, 0.4) is 0 Å². The van der Waals surface area contributed by atoms with Crippen LogP contribution in [0.25, 0.3) is 0 Å². The molecule has 4 heteroatoms. The van der Waals surface area contributed by atoms with Crippen molar-refractivity contribution in [1.29, 1.82) is 0 Å². The number of hydrogen-bond donors (Lipinski definition) is 1. The lowest BCUT2D eigenvalue weighted by Gasteiger charge is -2.21. The van der Waals surface area contributed by atoms with Crippen molar-refractivity contribution in [3.8, 4) is 11.5 Å². The minimum Gasteiger partial charge on any atom is -0.497 e. The van der Waals surface area contributed by atoms with Crippen LogP contribution in [0.1, 0.15) is 22.9 Å². The standard InChI is InChI=1S/C16H20N2O2/c1-11-6-5-9-18-15(11)16(17-2)13-8-7-12(19-3)10-14(13)20-4/h5-10,16-17H,1-4H3. The van der Waals surface area contributed by atoms with Crippen LogP contribution in [0.2, 0.25) is 0 Å². The Bertz CT molecular complexity index is 584. The zero-order valence-electron chi connectivity index (χ0n) is 12.3. The third kappa shape index (κ3) is 2.75. The number of methoxy groups -OCH3 is 2. The fourth-order valence-corrected chi connectivity index (χ4v) is 2.30. The third-order valence-electron chi connectivity index (χ3n) is 3.36. The number of aromatic nitrogens is 1. The molecule has 20 heavy (non-hydrogen) atoms. The van der Waals surface area contributed by atoms with Gasteiger partial charge in [0, 0.05) is 17.8 Å². The zero-order chi connectivity index (χ0) is 14.5. The predicted molar refractivity (Wildman–Crippen MR) is 79.4 cm³/mol. The summed E-state index contributed by atoms with van der Waals surface area (Å²) in [4.78, 5) is 4.49. The van der Waals surface area contributed by atoms with Gasteiger partial charge in [0.1, 0.15) is 11.5 Å². The van der Waals surface area contributed by atoms with E-state index in [0.29, 0.717) is 0 Å². The fraction of sp³-hybridized carbons (Fsp3) is 0.312. The van der Waals surface area contributed by atoms with Gasteiger partial charge < -0.3 is 14.8 Å². The second kappa shape index (κ2) is 6.39. The van der Waals surface area contributed by atoms with Crippen molar-refractivity contribution in [2.24, 2.45) is 0 Å². The van der Waals surface area contributed by atoms with E-state index in [9.17, 15) is 0 Å². The Morgan fingerprint density at radius 3 is 2.55 bits per heavy atom. The SMILES string of the molecule is CNC(c1ccc(OC)cc1OC)c1ncccc1C. The van der Waals surface area contributed by atoms with Gasteiger partial charge in [-0.1, -0.05) is 6.07 Å². The van der Waals surface area contributed by atoms with E-state index in [0.717, 1.165) is 28.3 Å². The third-order valence-corrected chi connectivity index (χ3v) is 3.36. The molecule has 1 atom stereocenters. The van der Waals surface area contributed by atoms with Gasteiger partial charge in [-0.05, 0) is 37.7 Å². The molecule has 1 unspecified atom stereocenters. The van der Waals surface area contributed by atoms with Crippen LogP contribution in [0.15, 0.2) is 36.5 Å². The van der Waals surface area contributed by atoms with Gasteiger partial charge >= 0.3 is 0 Å². The summed E-state index contributed by atoms with van der Waals surface area (Å²) in [6.45, 7) is 2.06. The van der Waals surface area contributed by atoms with Gasteiger partial charge in [0.2, 0.25) is 0 Å². The van der Waals surface area contributed by atoms with Crippen molar-refractivity contribution >= 4 is 0 Å². The van der Waals surface area contributed by atoms with Crippen LogP contribution >= 0.6 is 0 Å². The van der Waals surface area contributed by atoms with Crippen LogP contribution in [-0.4, -0.2) is 26.3 Å². The lowest BCUT2D eigenvalue weighted by molar-refractivity contribution is 0.388. The summed E-state index contributed by atoms with van der Waals surface area (Å²) >= 11 is 0. The molecule has 0 aliphatic heterocycles. The summed E-state index contributed by atoms with van der Waals surface area (Å²) < 4.78 is 10.7. The highest BCUT2D eigenvalue weighted by Crippen LogP contribution is 2.33. The fourth-order valence-electron chi connectivity index (χ4n) is 2.30. The maximum atomic E-state index is 5.48. The smallest absolute Gasteiger partial charge is 0.127 e. The van der Waals surface area contributed by atoms with E-state index < -0.39 is 0 Å². The van der Waals surface area contributed by atoms with Crippen molar-refractivity contribution < 1.29 is 9.47 Å². The van der Waals surface area contributed by atoms with Crippen LogP contribution in [-0.2, 0) is 0 Å². The number of ether oxygens (including phenoxy) is 2. The first-order valence-electron chi connectivity index (χ1n) is 6.52. The van der Waals surface area contributed by atoms with Gasteiger partial charge in [-0.15, -0.1) is 0 Å². The minimum atomic E-state index is -0.0166. The van der Waals surface area contributed by atoms with Crippen molar-refractivity contribution in [3.05, 3.63) is 53.3 Å². The largest absolute Gasteiger partial charge is 0.497 e. The first kappa shape index (κ1) is 14.3. The van der Waals surface area contributed by atoms with Gasteiger partial charge in [0.25, 0.3) is 0 Å². The molecule has 1 aromatic heterocycles. The molecule has 0 aliphatic rings. The van der Waals surface area contributed by atoms with E-state index in [-0.39, 0.29) is 6.04 Å². The Kier molecular flexibility index (Phi) is 4.58. The molecule has 1 heterocycles. The summed E-state index contributed by atoms with van der Waals surface area (Å²) in [5.41, 5.74) is 3.18. The molecule has 1 N–H and O–H groups in total. The molecule has 106 valence electrons. The highest BCUT2D eigenvalue weighted by molar-refractivity contribution is 5.46. The van der Waals surface area contributed by atoms with Crippen molar-refractivity contribution in [2.45, 2.75) is 13.0 Å². The second-order valence-electron chi connectivity index (χ2n) is 4.54. The number of benzene rings is 1. The lowest BCUT2D eigenvalue weighted by atomic mass is 9.99. The number of pyridine rings is 1. The van der Waals surface area contributed by atoms with Gasteiger partial charge in [-0.25, -0.2) is 0 Å². The summed E-state index contributed by atoms with van der Waals surface area (Å²) in [7, 11) is 5.23. The molecule has 2 rings (SSSR count). The molecule has 4 nitrogen and oxygen atoms in total. The molecule has 2 aromatic rings. The average molecular weight is 272 g/mol. The summed E-state index contributed by atoms with van der Waals surface area (Å²) in [6, 6.07) is 9.81. The van der Waals surface area contributed by atoms with E-state index in [4.69, 9.17) is 9.47 Å². The first-order valence-corrected chi connectivity index (χ1v) is 6.52. The maximum absolute atomic E-state index is 5.48. The molecular weight excluding hydrogens is 252 g/mol. The van der Waals surface area contributed by atoms with Crippen LogP contribution in [0, 0.1) is 6.92 Å². The van der Waals surface area contributed by atoms with Crippen molar-refractivity contribution in [1.82, 2.24) is 10.3 Å². The monoisotopic (exact) mass is 272 g/mol. The molecule has 0 saturated carbocycles. The molecule has 0 amide bonds. The van der Waals surface area contributed by atoms with Gasteiger partial charge in [0.15, 0.2) is 0 Å². The van der Waals surface area contributed by atoms with E-state index in [1.165, 1.54) is 0 Å². The number of nitrogens with zero attached hydrogens (tertiary/aromatic N) is 1. The molecule has 0 spiro atoms. The number of rotatable bonds is 5. The van der Waals surface area contributed by atoms with Crippen molar-refractivity contribution in [3.63, 3.8) is 0 Å². The Hall–Kier alpha value is -2.07. The summed E-state index contributed by atoms with van der Waals surface area (Å²) in [5.74, 6) is 1.56. The number of aryl methyl sites for hydroxylation is 1. The van der Waals surface area contributed by atoms with E-state index in [2.05, 4.69) is 23.3 Å². The molecule has 1 aromatic carbocycles. The van der Waals surface area contributed by atoms with Crippen LogP contribution < -0.4 is 14.8 Å². The highest BCUT2D eigenvalue weighted by atomic mass is 16.5. The van der Waals surface area contributed by atoms with Crippen LogP contribution in [0.5, 0.6) is 11.5 Å². The van der Waals surface area contributed by atoms with E-state index in [1.807, 2.05) is 37.5 Å². The van der Waals surface area contributed by atoms with E-state index in [1.54, 1.807) is 14.2 Å². The van der Waals surface area contributed by atoms with Crippen molar-refractivity contribution in [2.75, 3.05) is 21.3 Å². The topological polar surface area (TPSA) is 43.4 Å². The normalized spacial score (nSPS) is 12.0. The Morgan fingerprint density at radius 2 is 1.95 bits per heavy atom. The first-order chi connectivity index (χ1) is 9.71. The number of nitrogens with one attached hydrogen (secondary N) is 1. The highest BCUT2D eigenvalue weighted by Gasteiger charge is 2.19. The van der Waals surface area contributed by atoms with Gasteiger partial charge in [0.05, 0.1) is 26.0 Å². The Labute approximate surface area is 119 Å². The van der Waals surface area contributed by atoms with Gasteiger partial charge in [-0.3, -0.25) is 4.98 Å². The minimum absolute atomic E-state index is 0.0166. The summed E-state index contributed by atoms with van der Waals surface area (Å²) in [5, 5.41) is 3.30.